The Balaban J connectivity index is 1.36. The van der Waals surface area contributed by atoms with Crippen LogP contribution in [0.1, 0.15) is 22.5 Å². The molecule has 1 N–H and O–H groups in total. The fraction of sp³-hybridized carbons (Fsp3) is 0.167. The van der Waals surface area contributed by atoms with Crippen molar-refractivity contribution >= 4 is 5.82 Å². The normalized spacial score (nSPS) is 12.4. The Hall–Kier alpha value is -3.60. The first kappa shape index (κ1) is 17.5. The number of fused-ring (bicyclic) bond motifs is 1. The van der Waals surface area contributed by atoms with E-state index in [0.717, 1.165) is 53.6 Å². The van der Waals surface area contributed by atoms with Gasteiger partial charge >= 0.3 is 0 Å². The molecule has 0 unspecified atom stereocenters. The zero-order valence-electron chi connectivity index (χ0n) is 16.1. The molecule has 5 nitrogen and oxygen atoms in total. The topological polar surface area (TPSA) is 52.0 Å². The fourth-order valence-electron chi connectivity index (χ4n) is 3.67. The number of nitrogens with zero attached hydrogens (tertiary/aromatic N) is 3. The molecule has 0 saturated carbocycles. The third-order valence-corrected chi connectivity index (χ3v) is 5.14. The van der Waals surface area contributed by atoms with Crippen molar-refractivity contribution in [2.75, 3.05) is 11.9 Å². The largest absolute Gasteiger partial charge is 0.489 e. The van der Waals surface area contributed by atoms with E-state index in [4.69, 9.17) is 9.84 Å². The van der Waals surface area contributed by atoms with Gasteiger partial charge < -0.3 is 10.1 Å². The number of ether oxygens (including phenoxy) is 1. The van der Waals surface area contributed by atoms with Gasteiger partial charge in [0.2, 0.25) is 0 Å². The molecular formula is C24H22N4O. The average Bonchev–Trinajstić information content (AvgIpc) is 3.38. The van der Waals surface area contributed by atoms with Crippen molar-refractivity contribution in [2.45, 2.75) is 19.4 Å². The minimum absolute atomic E-state index is 0.563. The summed E-state index contributed by atoms with van der Waals surface area (Å²) in [7, 11) is 0. The highest BCUT2D eigenvalue weighted by Crippen LogP contribution is 2.30. The molecule has 0 radical (unpaired) electrons. The summed E-state index contributed by atoms with van der Waals surface area (Å²) < 4.78 is 7.91. The van der Waals surface area contributed by atoms with E-state index in [-0.39, 0.29) is 0 Å². The van der Waals surface area contributed by atoms with E-state index in [1.807, 2.05) is 59.4 Å². The third-order valence-electron chi connectivity index (χ3n) is 5.14. The highest BCUT2D eigenvalue weighted by atomic mass is 16.5. The predicted octanol–water partition coefficient (Wildman–Crippen LogP) is 4.41. The lowest BCUT2D eigenvalue weighted by atomic mass is 10.1. The standard InChI is InChI=1S/C24H22N4O/c1-2-6-18(7-3-1)17-29-21-11-9-20(10-12-21)28-24-22(13-15-26-24)23(27-28)16-19-8-4-5-14-25-19/h1-12,14,26H,13,15-17H2. The molecule has 0 bridgehead atoms. The summed E-state index contributed by atoms with van der Waals surface area (Å²) in [6, 6.07) is 24.3. The number of pyridine rings is 1. The van der Waals surface area contributed by atoms with Gasteiger partial charge in [0, 0.05) is 30.4 Å². The molecule has 4 aromatic rings. The number of rotatable bonds is 6. The van der Waals surface area contributed by atoms with Gasteiger partial charge in [-0.1, -0.05) is 36.4 Å². The first-order valence-electron chi connectivity index (χ1n) is 9.88. The molecule has 0 saturated heterocycles. The van der Waals surface area contributed by atoms with Crippen molar-refractivity contribution in [3.8, 4) is 11.4 Å². The summed E-state index contributed by atoms with van der Waals surface area (Å²) in [6.07, 6.45) is 3.57. The lowest BCUT2D eigenvalue weighted by molar-refractivity contribution is 0.306. The zero-order chi connectivity index (χ0) is 19.5. The number of anilines is 1. The van der Waals surface area contributed by atoms with Crippen molar-refractivity contribution in [1.82, 2.24) is 14.8 Å². The number of nitrogens with one attached hydrogen (secondary N) is 1. The molecule has 5 heteroatoms. The molecule has 1 aliphatic heterocycles. The molecule has 0 spiro atoms. The maximum absolute atomic E-state index is 5.91. The van der Waals surface area contributed by atoms with Crippen molar-refractivity contribution in [3.63, 3.8) is 0 Å². The van der Waals surface area contributed by atoms with Gasteiger partial charge in [-0.25, -0.2) is 4.68 Å². The summed E-state index contributed by atoms with van der Waals surface area (Å²) in [5.41, 5.74) is 5.60. The van der Waals surface area contributed by atoms with Crippen LogP contribution in [0, 0.1) is 0 Å². The monoisotopic (exact) mass is 382 g/mol. The van der Waals surface area contributed by atoms with Gasteiger partial charge in [0.05, 0.1) is 11.4 Å². The number of aromatic nitrogens is 3. The van der Waals surface area contributed by atoms with Crippen molar-refractivity contribution in [3.05, 3.63) is 102 Å². The molecule has 0 aliphatic carbocycles. The SMILES string of the molecule is c1ccc(COc2ccc(-n3nc(Cc4ccccn4)c4c3NCC4)cc2)cc1. The number of hydrogen-bond acceptors (Lipinski definition) is 4. The second-order valence-electron chi connectivity index (χ2n) is 7.13. The van der Waals surface area contributed by atoms with Crippen LogP contribution < -0.4 is 10.1 Å². The molecular weight excluding hydrogens is 360 g/mol. The van der Waals surface area contributed by atoms with Crippen LogP contribution in [0.5, 0.6) is 5.75 Å². The summed E-state index contributed by atoms with van der Waals surface area (Å²) in [6.45, 7) is 1.51. The van der Waals surface area contributed by atoms with Crippen molar-refractivity contribution < 1.29 is 4.74 Å². The van der Waals surface area contributed by atoms with E-state index in [2.05, 4.69) is 34.6 Å². The molecule has 2 aromatic heterocycles. The van der Waals surface area contributed by atoms with Crippen LogP contribution >= 0.6 is 0 Å². The lowest BCUT2D eigenvalue weighted by Crippen LogP contribution is -2.05. The minimum atomic E-state index is 0.563. The van der Waals surface area contributed by atoms with E-state index in [0.29, 0.717) is 6.61 Å². The van der Waals surface area contributed by atoms with E-state index in [9.17, 15) is 0 Å². The highest BCUT2D eigenvalue weighted by Gasteiger charge is 2.23. The lowest BCUT2D eigenvalue weighted by Gasteiger charge is -2.09. The third kappa shape index (κ3) is 3.72. The van der Waals surface area contributed by atoms with Gasteiger partial charge in [-0.3, -0.25) is 4.98 Å². The smallest absolute Gasteiger partial charge is 0.133 e. The molecule has 5 rings (SSSR count). The van der Waals surface area contributed by atoms with Gasteiger partial charge in [0.25, 0.3) is 0 Å². The van der Waals surface area contributed by atoms with E-state index < -0.39 is 0 Å². The van der Waals surface area contributed by atoms with Crippen LogP contribution in [-0.4, -0.2) is 21.3 Å². The quantitative estimate of drug-likeness (QED) is 0.537. The predicted molar refractivity (Wildman–Crippen MR) is 114 cm³/mol. The molecule has 2 aromatic carbocycles. The van der Waals surface area contributed by atoms with Gasteiger partial charge in [0.1, 0.15) is 18.2 Å². The maximum atomic E-state index is 5.91. The van der Waals surface area contributed by atoms with Crippen LogP contribution in [0.25, 0.3) is 5.69 Å². The van der Waals surface area contributed by atoms with Crippen LogP contribution in [0.3, 0.4) is 0 Å². The van der Waals surface area contributed by atoms with E-state index >= 15 is 0 Å². The van der Waals surface area contributed by atoms with Crippen LogP contribution in [0.15, 0.2) is 79.0 Å². The Morgan fingerprint density at radius 2 is 1.76 bits per heavy atom. The highest BCUT2D eigenvalue weighted by molar-refractivity contribution is 5.57. The second kappa shape index (κ2) is 7.80. The summed E-state index contributed by atoms with van der Waals surface area (Å²) in [4.78, 5) is 4.45. The maximum Gasteiger partial charge on any atom is 0.133 e. The molecule has 3 heterocycles. The molecule has 0 amide bonds. The molecule has 0 atom stereocenters. The summed E-state index contributed by atoms with van der Waals surface area (Å²) in [5.74, 6) is 1.94. The fourth-order valence-corrected chi connectivity index (χ4v) is 3.67. The first-order valence-corrected chi connectivity index (χ1v) is 9.88. The Morgan fingerprint density at radius 1 is 0.931 bits per heavy atom. The summed E-state index contributed by atoms with van der Waals surface area (Å²) >= 11 is 0. The molecule has 29 heavy (non-hydrogen) atoms. The molecule has 144 valence electrons. The number of hydrogen-bond donors (Lipinski definition) is 1. The number of benzene rings is 2. The van der Waals surface area contributed by atoms with Crippen LogP contribution in [0.4, 0.5) is 5.82 Å². The second-order valence-corrected chi connectivity index (χ2v) is 7.13. The molecule has 1 aliphatic rings. The zero-order valence-corrected chi connectivity index (χ0v) is 16.1. The van der Waals surface area contributed by atoms with Gasteiger partial charge in [0.15, 0.2) is 0 Å². The van der Waals surface area contributed by atoms with Crippen molar-refractivity contribution in [1.29, 1.82) is 0 Å². The first-order chi connectivity index (χ1) is 14.4. The summed E-state index contributed by atoms with van der Waals surface area (Å²) in [5, 5.41) is 8.38. The Kier molecular flexibility index (Phi) is 4.70. The average molecular weight is 382 g/mol. The van der Waals surface area contributed by atoms with Crippen molar-refractivity contribution in [2.24, 2.45) is 0 Å². The Morgan fingerprint density at radius 3 is 2.55 bits per heavy atom. The molecule has 0 fully saturated rings. The Labute approximate surface area is 170 Å². The van der Waals surface area contributed by atoms with E-state index in [1.165, 1.54) is 5.56 Å². The minimum Gasteiger partial charge on any atom is -0.489 e. The van der Waals surface area contributed by atoms with E-state index in [1.54, 1.807) is 0 Å². The van der Waals surface area contributed by atoms with Gasteiger partial charge in [-0.05, 0) is 48.4 Å². The Bertz CT molecular complexity index is 1090. The van der Waals surface area contributed by atoms with Crippen LogP contribution in [-0.2, 0) is 19.4 Å². The van der Waals surface area contributed by atoms with Crippen LogP contribution in [0.2, 0.25) is 0 Å². The van der Waals surface area contributed by atoms with Gasteiger partial charge in [-0.15, -0.1) is 0 Å². The van der Waals surface area contributed by atoms with Gasteiger partial charge in [-0.2, -0.15) is 5.10 Å².